The third kappa shape index (κ3) is 3.65. The summed E-state index contributed by atoms with van der Waals surface area (Å²) in [6, 6.07) is 8.03. The zero-order valence-corrected chi connectivity index (χ0v) is 13.5. The zero-order valence-electron chi connectivity index (χ0n) is 12.7. The monoisotopic (exact) mass is 336 g/mol. The smallest absolute Gasteiger partial charge is 0.211 e. The molecule has 2 aromatic rings. The van der Waals surface area contributed by atoms with Crippen LogP contribution < -0.4 is 4.90 Å². The molecule has 0 radical (unpaired) electrons. The molecule has 0 N–H and O–H groups in total. The number of anilines is 1. The summed E-state index contributed by atoms with van der Waals surface area (Å²) >= 11 is 0. The molecular formula is C15H17FN4O2S. The van der Waals surface area contributed by atoms with Crippen LogP contribution in [0.5, 0.6) is 0 Å². The van der Waals surface area contributed by atoms with Crippen LogP contribution in [-0.2, 0) is 10.0 Å². The molecule has 0 unspecified atom stereocenters. The molecule has 1 saturated heterocycles. The van der Waals surface area contributed by atoms with E-state index in [0.29, 0.717) is 43.3 Å². The summed E-state index contributed by atoms with van der Waals surface area (Å²) in [5.41, 5.74) is 1.32. The maximum absolute atomic E-state index is 13.3. The van der Waals surface area contributed by atoms with Crippen LogP contribution in [0.3, 0.4) is 0 Å². The first-order valence-electron chi connectivity index (χ1n) is 7.21. The van der Waals surface area contributed by atoms with Gasteiger partial charge < -0.3 is 4.90 Å². The number of rotatable bonds is 3. The number of halogens is 1. The standard InChI is InChI=1S/C15H17FN4O2S/c1-23(21,22)20-7-5-19(6-8-20)15-10-14(17-11-18-15)12-3-2-4-13(16)9-12/h2-4,9-11H,5-8H2,1H3. The number of aromatic nitrogens is 2. The number of hydrogen-bond acceptors (Lipinski definition) is 5. The minimum absolute atomic E-state index is 0.315. The highest BCUT2D eigenvalue weighted by Gasteiger charge is 2.24. The fraction of sp³-hybridized carbons (Fsp3) is 0.333. The molecule has 1 aromatic heterocycles. The molecule has 0 atom stereocenters. The van der Waals surface area contributed by atoms with Crippen molar-refractivity contribution in [2.45, 2.75) is 0 Å². The lowest BCUT2D eigenvalue weighted by molar-refractivity contribution is 0.387. The SMILES string of the molecule is CS(=O)(=O)N1CCN(c2cc(-c3cccc(F)c3)ncn2)CC1. The van der Waals surface area contributed by atoms with Gasteiger partial charge in [-0.1, -0.05) is 12.1 Å². The second-order valence-electron chi connectivity index (χ2n) is 5.42. The predicted octanol–water partition coefficient (Wildman–Crippen LogP) is 1.36. The average Bonchev–Trinajstić information content (AvgIpc) is 2.54. The van der Waals surface area contributed by atoms with Gasteiger partial charge in [-0.3, -0.25) is 0 Å². The molecule has 3 rings (SSSR count). The number of nitrogens with zero attached hydrogens (tertiary/aromatic N) is 4. The largest absolute Gasteiger partial charge is 0.354 e. The van der Waals surface area contributed by atoms with Gasteiger partial charge in [-0.2, -0.15) is 4.31 Å². The quantitative estimate of drug-likeness (QED) is 0.847. The van der Waals surface area contributed by atoms with Crippen molar-refractivity contribution < 1.29 is 12.8 Å². The molecule has 122 valence electrons. The lowest BCUT2D eigenvalue weighted by Gasteiger charge is -2.33. The second kappa shape index (κ2) is 6.21. The lowest BCUT2D eigenvalue weighted by atomic mass is 10.1. The molecular weight excluding hydrogens is 319 g/mol. The molecule has 2 heterocycles. The Kier molecular flexibility index (Phi) is 4.27. The van der Waals surface area contributed by atoms with E-state index in [9.17, 15) is 12.8 Å². The number of benzene rings is 1. The number of hydrogen-bond donors (Lipinski definition) is 0. The van der Waals surface area contributed by atoms with Crippen molar-refractivity contribution in [3.8, 4) is 11.3 Å². The molecule has 1 fully saturated rings. The Hall–Kier alpha value is -2.06. The van der Waals surface area contributed by atoms with Crippen LogP contribution in [0.15, 0.2) is 36.7 Å². The summed E-state index contributed by atoms with van der Waals surface area (Å²) in [6.07, 6.45) is 2.66. The highest BCUT2D eigenvalue weighted by Crippen LogP contribution is 2.22. The van der Waals surface area contributed by atoms with E-state index < -0.39 is 10.0 Å². The lowest BCUT2D eigenvalue weighted by Crippen LogP contribution is -2.48. The van der Waals surface area contributed by atoms with Gasteiger partial charge in [-0.25, -0.2) is 22.8 Å². The fourth-order valence-electron chi connectivity index (χ4n) is 2.57. The number of piperazine rings is 1. The molecule has 0 spiro atoms. The van der Waals surface area contributed by atoms with Crippen LogP contribution in [0.2, 0.25) is 0 Å². The summed E-state index contributed by atoms with van der Waals surface area (Å²) < 4.78 is 37.9. The third-order valence-electron chi connectivity index (χ3n) is 3.80. The van der Waals surface area contributed by atoms with Gasteiger partial charge in [0.05, 0.1) is 11.9 Å². The van der Waals surface area contributed by atoms with Gasteiger partial charge in [0, 0.05) is 37.8 Å². The van der Waals surface area contributed by atoms with Gasteiger partial charge in [-0.15, -0.1) is 0 Å². The summed E-state index contributed by atoms with van der Waals surface area (Å²) in [5.74, 6) is 0.400. The van der Waals surface area contributed by atoms with Gasteiger partial charge in [0.15, 0.2) is 0 Å². The van der Waals surface area contributed by atoms with Gasteiger partial charge in [-0.05, 0) is 12.1 Å². The molecule has 0 amide bonds. The summed E-state index contributed by atoms with van der Waals surface area (Å²) in [4.78, 5) is 10.4. The molecule has 0 saturated carbocycles. The van der Waals surface area contributed by atoms with Gasteiger partial charge in [0.25, 0.3) is 0 Å². The first-order valence-corrected chi connectivity index (χ1v) is 9.06. The Morgan fingerprint density at radius 1 is 1.09 bits per heavy atom. The minimum atomic E-state index is -3.16. The van der Waals surface area contributed by atoms with Crippen molar-refractivity contribution in [2.75, 3.05) is 37.3 Å². The van der Waals surface area contributed by atoms with E-state index in [2.05, 4.69) is 9.97 Å². The first-order chi connectivity index (χ1) is 10.9. The van der Waals surface area contributed by atoms with Crippen LogP contribution in [0, 0.1) is 5.82 Å². The second-order valence-corrected chi connectivity index (χ2v) is 7.40. The maximum Gasteiger partial charge on any atom is 0.211 e. The van der Waals surface area contributed by atoms with E-state index in [1.807, 2.05) is 4.90 Å². The number of sulfonamides is 1. The zero-order chi connectivity index (χ0) is 16.4. The van der Waals surface area contributed by atoms with Crippen molar-refractivity contribution in [1.29, 1.82) is 0 Å². The third-order valence-corrected chi connectivity index (χ3v) is 5.11. The summed E-state index contributed by atoms with van der Waals surface area (Å²) in [6.45, 7) is 1.98. The van der Waals surface area contributed by atoms with E-state index in [-0.39, 0.29) is 5.82 Å². The van der Waals surface area contributed by atoms with Gasteiger partial charge in [0.2, 0.25) is 10.0 Å². The first kappa shape index (κ1) is 15.8. The molecule has 0 bridgehead atoms. The van der Waals surface area contributed by atoms with Gasteiger partial charge >= 0.3 is 0 Å². The topological polar surface area (TPSA) is 66.4 Å². The van der Waals surface area contributed by atoms with E-state index in [0.717, 1.165) is 0 Å². The van der Waals surface area contributed by atoms with E-state index >= 15 is 0 Å². The van der Waals surface area contributed by atoms with Crippen molar-refractivity contribution in [1.82, 2.24) is 14.3 Å². The van der Waals surface area contributed by atoms with E-state index in [1.54, 1.807) is 18.2 Å². The highest BCUT2D eigenvalue weighted by atomic mass is 32.2. The van der Waals surface area contributed by atoms with Crippen LogP contribution in [-0.4, -0.2) is 55.1 Å². The Morgan fingerprint density at radius 3 is 2.48 bits per heavy atom. The average molecular weight is 336 g/mol. The Bertz CT molecular complexity index is 805. The fourth-order valence-corrected chi connectivity index (χ4v) is 3.40. The maximum atomic E-state index is 13.3. The normalized spacial score (nSPS) is 16.5. The molecule has 1 aromatic carbocycles. The van der Waals surface area contributed by atoms with Crippen LogP contribution in [0.4, 0.5) is 10.2 Å². The van der Waals surface area contributed by atoms with Crippen LogP contribution in [0.1, 0.15) is 0 Å². The molecule has 1 aliphatic rings. The van der Waals surface area contributed by atoms with E-state index in [1.165, 1.54) is 29.0 Å². The van der Waals surface area contributed by atoms with Crippen LogP contribution in [0.25, 0.3) is 11.3 Å². The van der Waals surface area contributed by atoms with Crippen molar-refractivity contribution in [2.24, 2.45) is 0 Å². The Morgan fingerprint density at radius 2 is 1.83 bits per heavy atom. The molecule has 8 heteroatoms. The molecule has 23 heavy (non-hydrogen) atoms. The summed E-state index contributed by atoms with van der Waals surface area (Å²) in [7, 11) is -3.16. The van der Waals surface area contributed by atoms with Crippen LogP contribution >= 0.6 is 0 Å². The highest BCUT2D eigenvalue weighted by molar-refractivity contribution is 7.88. The van der Waals surface area contributed by atoms with Crippen molar-refractivity contribution >= 4 is 15.8 Å². The van der Waals surface area contributed by atoms with Crippen molar-refractivity contribution in [3.63, 3.8) is 0 Å². The van der Waals surface area contributed by atoms with Crippen molar-refractivity contribution in [3.05, 3.63) is 42.5 Å². The minimum Gasteiger partial charge on any atom is -0.354 e. The molecule has 1 aliphatic heterocycles. The molecule has 6 nitrogen and oxygen atoms in total. The van der Waals surface area contributed by atoms with E-state index in [4.69, 9.17) is 0 Å². The Labute approximate surface area is 134 Å². The van der Waals surface area contributed by atoms with Gasteiger partial charge in [0.1, 0.15) is 18.0 Å². The molecule has 0 aliphatic carbocycles. The summed E-state index contributed by atoms with van der Waals surface area (Å²) in [5, 5.41) is 0. The Balaban J connectivity index is 1.79. The predicted molar refractivity (Wildman–Crippen MR) is 86.1 cm³/mol.